The van der Waals surface area contributed by atoms with Gasteiger partial charge in [0.15, 0.2) is 5.75 Å². The molecule has 1 unspecified atom stereocenters. The number of aromatic nitrogens is 1. The molecular weight excluding hydrogens is 436 g/mol. The summed E-state index contributed by atoms with van der Waals surface area (Å²) in [5, 5.41) is 21.3. The molecule has 6 heteroatoms. The topological polar surface area (TPSA) is 73.7 Å². The van der Waals surface area contributed by atoms with Gasteiger partial charge in [0.25, 0.3) is 0 Å². The minimum Gasteiger partial charge on any atom is -0.505 e. The molecule has 0 radical (unpaired) electrons. The Labute approximate surface area is 202 Å². The van der Waals surface area contributed by atoms with Gasteiger partial charge in [-0.15, -0.1) is 0 Å². The monoisotopic (exact) mass is 470 g/mol. The van der Waals surface area contributed by atoms with Crippen molar-refractivity contribution >= 4 is 28.5 Å². The summed E-state index contributed by atoms with van der Waals surface area (Å²) in [5.41, 5.74) is 2.79. The molecule has 0 aliphatic heterocycles. The Balaban J connectivity index is 0.000000479. The van der Waals surface area contributed by atoms with Crippen LogP contribution in [0.4, 0.5) is 0 Å². The van der Waals surface area contributed by atoms with Gasteiger partial charge >= 0.3 is 5.97 Å². The molecule has 0 bridgehead atoms. The Kier molecular flexibility index (Phi) is 10.1. The molecule has 3 rings (SSSR count). The van der Waals surface area contributed by atoms with E-state index in [0.29, 0.717) is 28.0 Å². The summed E-state index contributed by atoms with van der Waals surface area (Å²) < 4.78 is 0. The van der Waals surface area contributed by atoms with Crippen molar-refractivity contribution in [3.8, 4) is 5.75 Å². The Morgan fingerprint density at radius 3 is 2.12 bits per heavy atom. The number of hydrogen-bond donors (Lipinski definition) is 2. The first kappa shape index (κ1) is 26.6. The summed E-state index contributed by atoms with van der Waals surface area (Å²) in [7, 11) is 0. The first-order valence-electron chi connectivity index (χ1n) is 11.6. The first-order valence-corrected chi connectivity index (χ1v) is 12.0. The lowest BCUT2D eigenvalue weighted by Crippen LogP contribution is -2.21. The molecule has 1 heterocycles. The second-order valence-electron chi connectivity index (χ2n) is 8.06. The van der Waals surface area contributed by atoms with Crippen LogP contribution in [0.5, 0.6) is 5.75 Å². The van der Waals surface area contributed by atoms with Gasteiger partial charge in [-0.25, -0.2) is 9.78 Å². The number of carbonyl (C=O) groups is 1. The van der Waals surface area contributed by atoms with E-state index in [0.717, 1.165) is 17.5 Å². The van der Waals surface area contributed by atoms with Crippen LogP contribution in [0.15, 0.2) is 42.5 Å². The van der Waals surface area contributed by atoms with Crippen molar-refractivity contribution in [1.82, 2.24) is 9.88 Å². The smallest absolute Gasteiger partial charge is 0.340 e. The molecule has 0 saturated carbocycles. The average molecular weight is 471 g/mol. The van der Waals surface area contributed by atoms with Gasteiger partial charge in [-0.2, -0.15) is 0 Å². The van der Waals surface area contributed by atoms with Crippen LogP contribution in [0.1, 0.15) is 74.1 Å². The summed E-state index contributed by atoms with van der Waals surface area (Å²) in [6.45, 7) is 14.3. The summed E-state index contributed by atoms with van der Waals surface area (Å²) in [6, 6.07) is 12.7. The van der Waals surface area contributed by atoms with Gasteiger partial charge in [0.1, 0.15) is 5.56 Å². The molecule has 0 spiro atoms. The third-order valence-electron chi connectivity index (χ3n) is 6.08. The molecule has 1 aromatic heterocycles. The normalized spacial score (nSPS) is 11.8. The van der Waals surface area contributed by atoms with Gasteiger partial charge in [-0.3, -0.25) is 0 Å². The number of pyridine rings is 1. The Morgan fingerprint density at radius 2 is 1.64 bits per heavy atom. The maximum Gasteiger partial charge on any atom is 0.340 e. The highest BCUT2D eigenvalue weighted by atomic mass is 35.5. The van der Waals surface area contributed by atoms with Crippen LogP contribution >= 0.6 is 11.6 Å². The van der Waals surface area contributed by atoms with Crippen LogP contribution in [0.25, 0.3) is 10.9 Å². The Hall–Kier alpha value is -2.63. The van der Waals surface area contributed by atoms with E-state index in [4.69, 9.17) is 11.6 Å². The van der Waals surface area contributed by atoms with Gasteiger partial charge in [0.05, 0.1) is 11.2 Å². The number of carboxylic acid groups (broad SMARTS) is 1. The molecular formula is C27H35ClN2O3. The highest BCUT2D eigenvalue weighted by molar-refractivity contribution is 6.30. The van der Waals surface area contributed by atoms with Gasteiger partial charge in [-0.05, 0) is 55.2 Å². The molecule has 33 heavy (non-hydrogen) atoms. The highest BCUT2D eigenvalue weighted by Gasteiger charge is 2.22. The van der Waals surface area contributed by atoms with Gasteiger partial charge in [0.2, 0.25) is 0 Å². The van der Waals surface area contributed by atoms with E-state index in [9.17, 15) is 15.0 Å². The zero-order chi connectivity index (χ0) is 24.5. The third-order valence-corrected chi connectivity index (χ3v) is 6.33. The van der Waals surface area contributed by atoms with Crippen molar-refractivity contribution in [3.63, 3.8) is 0 Å². The van der Waals surface area contributed by atoms with E-state index in [1.807, 2.05) is 24.3 Å². The van der Waals surface area contributed by atoms with E-state index in [1.165, 1.54) is 19.6 Å². The van der Waals surface area contributed by atoms with E-state index in [2.05, 4.69) is 44.5 Å². The minimum absolute atomic E-state index is 0.0934. The second kappa shape index (κ2) is 12.6. The molecule has 0 saturated heterocycles. The number of halogens is 1. The molecule has 2 N–H and O–H groups in total. The Morgan fingerprint density at radius 1 is 1.03 bits per heavy atom. The van der Waals surface area contributed by atoms with Crippen molar-refractivity contribution in [2.75, 3.05) is 19.6 Å². The third kappa shape index (κ3) is 6.68. The largest absolute Gasteiger partial charge is 0.505 e. The van der Waals surface area contributed by atoms with Crippen molar-refractivity contribution in [2.24, 2.45) is 0 Å². The molecule has 1 atom stereocenters. The summed E-state index contributed by atoms with van der Waals surface area (Å²) in [6.07, 6.45) is 1.24. The summed E-state index contributed by atoms with van der Waals surface area (Å²) in [4.78, 5) is 18.9. The van der Waals surface area contributed by atoms with Gasteiger partial charge in [0, 0.05) is 16.8 Å². The second-order valence-corrected chi connectivity index (χ2v) is 8.50. The fourth-order valence-corrected chi connectivity index (χ4v) is 3.90. The maximum atomic E-state index is 11.8. The molecule has 0 amide bonds. The highest BCUT2D eigenvalue weighted by Crippen LogP contribution is 2.34. The molecule has 2 aromatic carbocycles. The van der Waals surface area contributed by atoms with Crippen LogP contribution < -0.4 is 0 Å². The number of para-hydroxylation sites is 1. The van der Waals surface area contributed by atoms with E-state index >= 15 is 0 Å². The van der Waals surface area contributed by atoms with Crippen molar-refractivity contribution < 1.29 is 15.0 Å². The summed E-state index contributed by atoms with van der Waals surface area (Å²) >= 11 is 5.92. The molecule has 178 valence electrons. The van der Waals surface area contributed by atoms with E-state index in [-0.39, 0.29) is 17.2 Å². The van der Waals surface area contributed by atoms with Crippen LogP contribution in [-0.2, 0) is 6.42 Å². The fourth-order valence-electron chi connectivity index (χ4n) is 3.77. The predicted molar refractivity (Wildman–Crippen MR) is 137 cm³/mol. The number of benzene rings is 2. The number of rotatable bonds is 8. The molecule has 5 nitrogen and oxygen atoms in total. The van der Waals surface area contributed by atoms with Gasteiger partial charge < -0.3 is 15.1 Å². The number of nitrogens with zero attached hydrogens (tertiary/aromatic N) is 2. The SMILES string of the molecule is CCC(C)c1cccc2c(C(=O)O)c(O)c(Cc3ccc(Cl)cc3)nc12.CCN(CC)CC. The first-order chi connectivity index (χ1) is 15.8. The van der Waals surface area contributed by atoms with Crippen LogP contribution in [0.3, 0.4) is 0 Å². The number of fused-ring (bicyclic) bond motifs is 1. The molecule has 0 aliphatic carbocycles. The van der Waals surface area contributed by atoms with Crippen LogP contribution in [0.2, 0.25) is 5.02 Å². The maximum absolute atomic E-state index is 11.8. The zero-order valence-corrected chi connectivity index (χ0v) is 21.0. The quantitative estimate of drug-likeness (QED) is 0.381. The van der Waals surface area contributed by atoms with E-state index < -0.39 is 5.97 Å². The number of aromatic hydroxyl groups is 1. The predicted octanol–water partition coefficient (Wildman–Crippen LogP) is 6.74. The van der Waals surface area contributed by atoms with Crippen LogP contribution in [0, 0.1) is 0 Å². The fraction of sp³-hybridized carbons (Fsp3) is 0.407. The number of hydrogen-bond acceptors (Lipinski definition) is 4. The number of aromatic carboxylic acids is 1. The summed E-state index contributed by atoms with van der Waals surface area (Å²) in [5.74, 6) is -1.20. The van der Waals surface area contributed by atoms with Gasteiger partial charge in [-0.1, -0.05) is 76.6 Å². The Bertz CT molecular complexity index is 1060. The lowest BCUT2D eigenvalue weighted by atomic mass is 9.93. The minimum atomic E-state index is -1.16. The van der Waals surface area contributed by atoms with E-state index in [1.54, 1.807) is 18.2 Å². The van der Waals surface area contributed by atoms with Crippen molar-refractivity contribution in [3.05, 3.63) is 69.9 Å². The number of carboxylic acids is 1. The lowest BCUT2D eigenvalue weighted by molar-refractivity contribution is 0.0695. The average Bonchev–Trinajstić information content (AvgIpc) is 2.81. The molecule has 0 fully saturated rings. The van der Waals surface area contributed by atoms with Crippen molar-refractivity contribution in [1.29, 1.82) is 0 Å². The molecule has 3 aromatic rings. The van der Waals surface area contributed by atoms with Crippen molar-refractivity contribution in [2.45, 2.75) is 53.4 Å². The van der Waals surface area contributed by atoms with Crippen LogP contribution in [-0.4, -0.2) is 45.7 Å². The zero-order valence-electron chi connectivity index (χ0n) is 20.2. The molecule has 0 aliphatic rings. The lowest BCUT2D eigenvalue weighted by Gasteiger charge is -2.16. The standard InChI is InChI=1S/C21H20ClNO3.C6H15N/c1-3-12(2)15-5-4-6-16-18(21(25)26)20(24)17(23-19(15)16)11-13-7-9-14(22)10-8-13;1-4-7(5-2)6-3/h4-10,12,24H,3,11H2,1-2H3,(H,25,26);4-6H2,1-3H3.